The first-order valence-corrected chi connectivity index (χ1v) is 8.85. The van der Waals surface area contributed by atoms with Crippen molar-refractivity contribution in [2.75, 3.05) is 45.3 Å². The minimum atomic E-state index is -0.0583. The van der Waals surface area contributed by atoms with Gasteiger partial charge in [0.25, 0.3) is 5.91 Å². The predicted octanol–water partition coefficient (Wildman–Crippen LogP) is 3.37. The van der Waals surface area contributed by atoms with Crippen molar-refractivity contribution in [3.8, 4) is 11.5 Å². The maximum Gasteiger partial charge on any atom is 0.254 e. The lowest BCUT2D eigenvalue weighted by Crippen LogP contribution is -2.49. The molecular weight excluding hydrogens is 377 g/mol. The molecule has 1 amide bonds. The molecule has 1 saturated heterocycles. The van der Waals surface area contributed by atoms with E-state index >= 15 is 0 Å². The van der Waals surface area contributed by atoms with Gasteiger partial charge in [-0.1, -0.05) is 23.2 Å². The molecule has 0 N–H and O–H groups in total. The summed E-state index contributed by atoms with van der Waals surface area (Å²) >= 11 is 12.1. The van der Waals surface area contributed by atoms with Crippen LogP contribution in [-0.4, -0.2) is 56.2 Å². The summed E-state index contributed by atoms with van der Waals surface area (Å²) in [6.45, 7) is 2.42. The standard InChI is InChI=1S/C18H19Cl2N3O3/c1-25-14-7-12(8-15(10-14)26-2)18(24)23-5-3-22(4-6-23)17-16(20)9-13(19)11-21-17/h7-11H,3-6H2,1-2H3. The summed E-state index contributed by atoms with van der Waals surface area (Å²) in [7, 11) is 3.12. The van der Waals surface area contributed by atoms with E-state index in [2.05, 4.69) is 9.88 Å². The number of hydrogen-bond donors (Lipinski definition) is 0. The number of rotatable bonds is 4. The zero-order valence-electron chi connectivity index (χ0n) is 14.5. The SMILES string of the molecule is COc1cc(OC)cc(C(=O)N2CCN(c3ncc(Cl)cc3Cl)CC2)c1. The summed E-state index contributed by atoms with van der Waals surface area (Å²) in [6, 6.07) is 6.85. The average molecular weight is 396 g/mol. The molecule has 0 unspecified atom stereocenters. The first-order valence-electron chi connectivity index (χ1n) is 8.10. The van der Waals surface area contributed by atoms with Crippen molar-refractivity contribution in [3.63, 3.8) is 0 Å². The van der Waals surface area contributed by atoms with Crippen molar-refractivity contribution in [2.24, 2.45) is 0 Å². The summed E-state index contributed by atoms with van der Waals surface area (Å²) < 4.78 is 10.5. The molecule has 2 aromatic rings. The Hall–Kier alpha value is -2.18. The van der Waals surface area contributed by atoms with Crippen LogP contribution >= 0.6 is 23.2 Å². The number of pyridine rings is 1. The maximum absolute atomic E-state index is 12.8. The smallest absolute Gasteiger partial charge is 0.254 e. The number of amides is 1. The molecule has 6 nitrogen and oxygen atoms in total. The summed E-state index contributed by atoms with van der Waals surface area (Å²) in [5.74, 6) is 1.80. The fraction of sp³-hybridized carbons (Fsp3) is 0.333. The first-order chi connectivity index (χ1) is 12.5. The maximum atomic E-state index is 12.8. The van der Waals surface area contributed by atoms with Crippen LogP contribution in [0.1, 0.15) is 10.4 Å². The monoisotopic (exact) mass is 395 g/mol. The number of nitrogens with zero attached hydrogens (tertiary/aromatic N) is 3. The van der Waals surface area contributed by atoms with E-state index in [1.165, 1.54) is 0 Å². The Balaban J connectivity index is 1.70. The molecule has 0 bridgehead atoms. The van der Waals surface area contributed by atoms with Crippen molar-refractivity contribution in [1.29, 1.82) is 0 Å². The summed E-state index contributed by atoms with van der Waals surface area (Å²) in [5.41, 5.74) is 0.539. The van der Waals surface area contributed by atoms with Crippen LogP contribution in [0.5, 0.6) is 11.5 Å². The van der Waals surface area contributed by atoms with Gasteiger partial charge in [-0.25, -0.2) is 4.98 Å². The van der Waals surface area contributed by atoms with Crippen LogP contribution < -0.4 is 14.4 Å². The van der Waals surface area contributed by atoms with Gasteiger partial charge in [0, 0.05) is 44.0 Å². The second-order valence-electron chi connectivity index (χ2n) is 5.84. The Labute approximate surface area is 162 Å². The van der Waals surface area contributed by atoms with Gasteiger partial charge in [0.05, 0.1) is 24.3 Å². The number of carbonyl (C=O) groups is 1. The van der Waals surface area contributed by atoms with E-state index in [1.54, 1.807) is 49.6 Å². The Morgan fingerprint density at radius 1 is 1.00 bits per heavy atom. The number of benzene rings is 1. The highest BCUT2D eigenvalue weighted by molar-refractivity contribution is 6.36. The molecule has 0 spiro atoms. The number of methoxy groups -OCH3 is 2. The lowest BCUT2D eigenvalue weighted by atomic mass is 10.1. The van der Waals surface area contributed by atoms with Crippen molar-refractivity contribution >= 4 is 34.9 Å². The van der Waals surface area contributed by atoms with Gasteiger partial charge in [-0.15, -0.1) is 0 Å². The Morgan fingerprint density at radius 3 is 2.15 bits per heavy atom. The number of hydrogen-bond acceptors (Lipinski definition) is 5. The Morgan fingerprint density at radius 2 is 1.62 bits per heavy atom. The van der Waals surface area contributed by atoms with Gasteiger partial charge < -0.3 is 19.3 Å². The summed E-state index contributed by atoms with van der Waals surface area (Å²) in [5, 5.41) is 1.01. The van der Waals surface area contributed by atoms with E-state index in [0.717, 1.165) is 0 Å². The highest BCUT2D eigenvalue weighted by Crippen LogP contribution is 2.28. The van der Waals surface area contributed by atoms with Gasteiger partial charge in [0.2, 0.25) is 0 Å². The number of piperazine rings is 1. The van der Waals surface area contributed by atoms with Crippen molar-refractivity contribution in [3.05, 3.63) is 46.1 Å². The molecule has 0 atom stereocenters. The lowest BCUT2D eigenvalue weighted by Gasteiger charge is -2.35. The predicted molar refractivity (Wildman–Crippen MR) is 102 cm³/mol. The molecule has 0 aliphatic carbocycles. The van der Waals surface area contributed by atoms with Gasteiger partial charge in [0.15, 0.2) is 0 Å². The highest BCUT2D eigenvalue weighted by atomic mass is 35.5. The van der Waals surface area contributed by atoms with Crippen molar-refractivity contribution < 1.29 is 14.3 Å². The molecule has 0 radical (unpaired) electrons. The zero-order chi connectivity index (χ0) is 18.7. The number of anilines is 1. The van der Waals surface area contributed by atoms with Gasteiger partial charge in [0.1, 0.15) is 17.3 Å². The molecule has 1 aromatic carbocycles. The number of ether oxygens (including phenoxy) is 2. The van der Waals surface area contributed by atoms with Crippen LogP contribution in [0, 0.1) is 0 Å². The first kappa shape index (κ1) is 18.6. The summed E-state index contributed by atoms with van der Waals surface area (Å²) in [6.07, 6.45) is 1.57. The van der Waals surface area contributed by atoms with E-state index in [9.17, 15) is 4.79 Å². The van der Waals surface area contributed by atoms with E-state index in [1.807, 2.05) is 0 Å². The summed E-state index contributed by atoms with van der Waals surface area (Å²) in [4.78, 5) is 21.0. The third kappa shape index (κ3) is 3.97. The van der Waals surface area contributed by atoms with Crippen LogP contribution in [0.25, 0.3) is 0 Å². The van der Waals surface area contributed by atoms with E-state index < -0.39 is 0 Å². The fourth-order valence-electron chi connectivity index (χ4n) is 2.87. The van der Waals surface area contributed by atoms with Crippen molar-refractivity contribution in [2.45, 2.75) is 0 Å². The molecule has 0 saturated carbocycles. The Bertz CT molecular complexity index is 786. The van der Waals surface area contributed by atoms with Crippen LogP contribution in [0.3, 0.4) is 0 Å². The van der Waals surface area contributed by atoms with Gasteiger partial charge >= 0.3 is 0 Å². The quantitative estimate of drug-likeness (QED) is 0.793. The minimum absolute atomic E-state index is 0.0583. The third-order valence-electron chi connectivity index (χ3n) is 4.25. The molecule has 1 fully saturated rings. The normalized spacial score (nSPS) is 14.3. The zero-order valence-corrected chi connectivity index (χ0v) is 16.0. The number of aromatic nitrogens is 1. The molecule has 1 aliphatic heterocycles. The van der Waals surface area contributed by atoms with Crippen LogP contribution in [0.2, 0.25) is 10.0 Å². The topological polar surface area (TPSA) is 54.9 Å². The highest BCUT2D eigenvalue weighted by Gasteiger charge is 2.24. The second kappa shape index (κ2) is 8.01. The average Bonchev–Trinajstić information content (AvgIpc) is 2.67. The van der Waals surface area contributed by atoms with Gasteiger partial charge in [-0.3, -0.25) is 4.79 Å². The lowest BCUT2D eigenvalue weighted by molar-refractivity contribution is 0.0746. The van der Waals surface area contributed by atoms with Gasteiger partial charge in [-0.2, -0.15) is 0 Å². The van der Waals surface area contributed by atoms with E-state index in [-0.39, 0.29) is 5.91 Å². The molecule has 138 valence electrons. The molecule has 1 aliphatic rings. The number of halogens is 2. The van der Waals surface area contributed by atoms with Gasteiger partial charge in [-0.05, 0) is 18.2 Å². The molecule has 8 heteroatoms. The molecule has 2 heterocycles. The Kier molecular flexibility index (Phi) is 5.74. The van der Waals surface area contributed by atoms with Crippen LogP contribution in [0.15, 0.2) is 30.5 Å². The minimum Gasteiger partial charge on any atom is -0.497 e. The second-order valence-corrected chi connectivity index (χ2v) is 6.68. The molecule has 26 heavy (non-hydrogen) atoms. The van der Waals surface area contributed by atoms with Crippen LogP contribution in [-0.2, 0) is 0 Å². The number of carbonyl (C=O) groups excluding carboxylic acids is 1. The molecule has 3 rings (SSSR count). The molecular formula is C18H19Cl2N3O3. The van der Waals surface area contributed by atoms with Crippen LogP contribution in [0.4, 0.5) is 5.82 Å². The van der Waals surface area contributed by atoms with Crippen molar-refractivity contribution in [1.82, 2.24) is 9.88 Å². The fourth-order valence-corrected chi connectivity index (χ4v) is 3.37. The largest absolute Gasteiger partial charge is 0.497 e. The molecule has 1 aromatic heterocycles. The third-order valence-corrected chi connectivity index (χ3v) is 4.74. The van der Waals surface area contributed by atoms with E-state index in [4.69, 9.17) is 32.7 Å². The van der Waals surface area contributed by atoms with E-state index in [0.29, 0.717) is 59.1 Å².